The van der Waals surface area contributed by atoms with Gasteiger partial charge in [0.25, 0.3) is 0 Å². The zero-order valence-electron chi connectivity index (χ0n) is 10.1. The maximum absolute atomic E-state index is 6.22. The first-order chi connectivity index (χ1) is 9.56. The average Bonchev–Trinajstić information content (AvgIpc) is 2.41. The average molecular weight is 349 g/mol. The van der Waals surface area contributed by atoms with E-state index in [9.17, 15) is 0 Å². The van der Waals surface area contributed by atoms with Crippen LogP contribution in [0.25, 0.3) is 0 Å². The second-order valence-corrected chi connectivity index (χ2v) is 6.02. The Kier molecular flexibility index (Phi) is 3.91. The van der Waals surface area contributed by atoms with Gasteiger partial charge in [0.2, 0.25) is 0 Å². The number of fused-ring (bicyclic) bond motifs is 1. The molecule has 0 bridgehead atoms. The summed E-state index contributed by atoms with van der Waals surface area (Å²) in [6.45, 7) is 0.559. The van der Waals surface area contributed by atoms with Gasteiger partial charge >= 0.3 is 0 Å². The minimum Gasteiger partial charge on any atom is -0.480 e. The van der Waals surface area contributed by atoms with Crippen molar-refractivity contribution >= 4 is 52.1 Å². The minimum absolute atomic E-state index is 0.257. The van der Waals surface area contributed by atoms with Crippen LogP contribution in [0.1, 0.15) is 11.7 Å². The summed E-state index contributed by atoms with van der Waals surface area (Å²) >= 11 is 24.4. The monoisotopic (exact) mass is 347 g/mol. The van der Waals surface area contributed by atoms with E-state index in [1.807, 2.05) is 12.1 Å². The van der Waals surface area contributed by atoms with E-state index >= 15 is 0 Å². The molecule has 0 radical (unpaired) electrons. The Morgan fingerprint density at radius 1 is 1.05 bits per heavy atom. The first kappa shape index (κ1) is 14.2. The fourth-order valence-electron chi connectivity index (χ4n) is 2.14. The van der Waals surface area contributed by atoms with Crippen LogP contribution in [-0.2, 0) is 0 Å². The summed E-state index contributed by atoms with van der Waals surface area (Å²) in [7, 11) is 0. The van der Waals surface area contributed by atoms with Crippen molar-refractivity contribution in [1.29, 1.82) is 0 Å². The molecular weight excluding hydrogens is 340 g/mol. The van der Waals surface area contributed by atoms with E-state index in [-0.39, 0.29) is 6.10 Å². The summed E-state index contributed by atoms with van der Waals surface area (Å²) in [5.41, 5.74) is 1.60. The molecule has 0 aromatic heterocycles. The van der Waals surface area contributed by atoms with E-state index in [1.165, 1.54) is 0 Å². The summed E-state index contributed by atoms with van der Waals surface area (Å²) in [4.78, 5) is 0. The van der Waals surface area contributed by atoms with E-state index in [0.29, 0.717) is 32.4 Å². The third-order valence-electron chi connectivity index (χ3n) is 3.07. The lowest BCUT2D eigenvalue weighted by Crippen LogP contribution is -2.24. The molecule has 2 aromatic rings. The third kappa shape index (κ3) is 2.53. The van der Waals surface area contributed by atoms with Gasteiger partial charge in [-0.3, -0.25) is 0 Å². The normalized spacial score (nSPS) is 17.1. The van der Waals surface area contributed by atoms with Gasteiger partial charge in [0.15, 0.2) is 5.75 Å². The number of halogens is 4. The number of hydrogen-bond acceptors (Lipinski definition) is 2. The molecule has 3 rings (SSSR count). The second-order valence-electron chi connectivity index (χ2n) is 4.39. The van der Waals surface area contributed by atoms with Crippen LogP contribution in [0.15, 0.2) is 30.3 Å². The standard InChI is InChI=1S/C14H9Cl4NO/c15-7-4-10(17)14-11(5-7)19-6-12(20-14)8-2-1-3-9(16)13(8)18/h1-5,12,19H,6H2. The van der Waals surface area contributed by atoms with Crippen molar-refractivity contribution in [3.05, 3.63) is 56.0 Å². The number of benzene rings is 2. The van der Waals surface area contributed by atoms with Gasteiger partial charge in [0, 0.05) is 10.6 Å². The van der Waals surface area contributed by atoms with Crippen LogP contribution < -0.4 is 10.1 Å². The second kappa shape index (κ2) is 5.53. The van der Waals surface area contributed by atoms with Crippen molar-refractivity contribution in [2.75, 3.05) is 11.9 Å². The highest BCUT2D eigenvalue weighted by Gasteiger charge is 2.25. The molecule has 1 unspecified atom stereocenters. The summed E-state index contributed by atoms with van der Waals surface area (Å²) in [5.74, 6) is 0.573. The molecular formula is C14H9Cl4NO. The SMILES string of the molecule is Clc1cc(Cl)c2c(c1)NCC(c1cccc(Cl)c1Cl)O2. The molecule has 20 heavy (non-hydrogen) atoms. The maximum Gasteiger partial charge on any atom is 0.162 e. The van der Waals surface area contributed by atoms with Crippen LogP contribution in [0, 0.1) is 0 Å². The Hall–Kier alpha value is -0.800. The molecule has 104 valence electrons. The van der Waals surface area contributed by atoms with E-state index in [1.54, 1.807) is 18.2 Å². The van der Waals surface area contributed by atoms with Crippen LogP contribution >= 0.6 is 46.4 Å². The smallest absolute Gasteiger partial charge is 0.162 e. The molecule has 1 N–H and O–H groups in total. The quantitative estimate of drug-likeness (QED) is 0.698. The Morgan fingerprint density at radius 2 is 1.85 bits per heavy atom. The summed E-state index contributed by atoms with van der Waals surface area (Å²) in [5, 5.41) is 5.26. The first-order valence-electron chi connectivity index (χ1n) is 5.89. The Morgan fingerprint density at radius 3 is 2.65 bits per heavy atom. The van der Waals surface area contributed by atoms with Gasteiger partial charge < -0.3 is 10.1 Å². The van der Waals surface area contributed by atoms with E-state index in [0.717, 1.165) is 11.3 Å². The topological polar surface area (TPSA) is 21.3 Å². The van der Waals surface area contributed by atoms with Crippen molar-refractivity contribution in [2.24, 2.45) is 0 Å². The van der Waals surface area contributed by atoms with Gasteiger partial charge in [-0.1, -0.05) is 58.5 Å². The van der Waals surface area contributed by atoms with Gasteiger partial charge in [-0.2, -0.15) is 0 Å². The zero-order chi connectivity index (χ0) is 14.3. The first-order valence-corrected chi connectivity index (χ1v) is 7.41. The molecule has 0 spiro atoms. The molecule has 1 aliphatic rings. The van der Waals surface area contributed by atoms with Crippen molar-refractivity contribution < 1.29 is 4.74 Å². The number of rotatable bonds is 1. The molecule has 0 aliphatic carbocycles. The highest BCUT2D eigenvalue weighted by atomic mass is 35.5. The van der Waals surface area contributed by atoms with Crippen molar-refractivity contribution in [3.8, 4) is 5.75 Å². The predicted molar refractivity (Wildman–Crippen MR) is 84.8 cm³/mol. The molecule has 6 heteroatoms. The number of nitrogens with one attached hydrogen (secondary N) is 1. The summed E-state index contributed by atoms with van der Waals surface area (Å²) < 4.78 is 5.94. The Labute approximate surface area is 136 Å². The molecule has 0 fully saturated rings. The third-order valence-corrected chi connectivity index (χ3v) is 4.41. The highest BCUT2D eigenvalue weighted by molar-refractivity contribution is 6.42. The Balaban J connectivity index is 1.98. The van der Waals surface area contributed by atoms with Crippen LogP contribution in [-0.4, -0.2) is 6.54 Å². The fourth-order valence-corrected chi connectivity index (χ4v) is 3.11. The van der Waals surface area contributed by atoms with Crippen LogP contribution in [0.5, 0.6) is 5.75 Å². The zero-order valence-corrected chi connectivity index (χ0v) is 13.1. The molecule has 0 saturated heterocycles. The van der Waals surface area contributed by atoms with E-state index < -0.39 is 0 Å². The molecule has 2 nitrogen and oxygen atoms in total. The van der Waals surface area contributed by atoms with E-state index in [4.69, 9.17) is 51.1 Å². The van der Waals surface area contributed by atoms with Crippen LogP contribution in [0.4, 0.5) is 5.69 Å². The molecule has 1 aliphatic heterocycles. The summed E-state index contributed by atoms with van der Waals surface area (Å²) in [6, 6.07) is 8.88. The highest BCUT2D eigenvalue weighted by Crippen LogP contribution is 2.43. The van der Waals surface area contributed by atoms with Crippen molar-refractivity contribution in [1.82, 2.24) is 0 Å². The summed E-state index contributed by atoms with van der Waals surface area (Å²) in [6.07, 6.45) is -0.257. The lowest BCUT2D eigenvalue weighted by Gasteiger charge is -2.29. The predicted octanol–water partition coefficient (Wildman–Crippen LogP) is 5.85. The molecule has 1 atom stereocenters. The lowest BCUT2D eigenvalue weighted by molar-refractivity contribution is 0.211. The Bertz CT molecular complexity index is 674. The number of hydrogen-bond donors (Lipinski definition) is 1. The minimum atomic E-state index is -0.257. The van der Waals surface area contributed by atoms with Crippen molar-refractivity contribution in [3.63, 3.8) is 0 Å². The van der Waals surface area contributed by atoms with Crippen LogP contribution in [0.3, 0.4) is 0 Å². The van der Waals surface area contributed by atoms with Gasteiger partial charge in [-0.25, -0.2) is 0 Å². The maximum atomic E-state index is 6.22. The van der Waals surface area contributed by atoms with Crippen LogP contribution in [0.2, 0.25) is 20.1 Å². The van der Waals surface area contributed by atoms with Gasteiger partial charge in [0.1, 0.15) is 6.10 Å². The lowest BCUT2D eigenvalue weighted by atomic mass is 10.1. The number of ether oxygens (including phenoxy) is 1. The van der Waals surface area contributed by atoms with Gasteiger partial charge in [0.05, 0.1) is 27.3 Å². The fraction of sp³-hybridized carbons (Fsp3) is 0.143. The molecule has 0 saturated carbocycles. The number of anilines is 1. The van der Waals surface area contributed by atoms with Gasteiger partial charge in [-0.15, -0.1) is 0 Å². The molecule has 2 aromatic carbocycles. The molecule has 0 amide bonds. The van der Waals surface area contributed by atoms with Gasteiger partial charge in [-0.05, 0) is 18.2 Å². The molecule has 1 heterocycles. The van der Waals surface area contributed by atoms with E-state index in [2.05, 4.69) is 5.32 Å². The largest absolute Gasteiger partial charge is 0.480 e. The van der Waals surface area contributed by atoms with Crippen molar-refractivity contribution in [2.45, 2.75) is 6.10 Å².